The van der Waals surface area contributed by atoms with E-state index in [1.165, 1.54) is 24.4 Å². The molecule has 0 aliphatic carbocycles. The van der Waals surface area contributed by atoms with Crippen LogP contribution in [0.2, 0.25) is 0 Å². The molecule has 0 fully saturated rings. The minimum absolute atomic E-state index is 0.234. The van der Waals surface area contributed by atoms with Gasteiger partial charge >= 0.3 is 0 Å². The Bertz CT molecular complexity index is 518. The van der Waals surface area contributed by atoms with Gasteiger partial charge in [-0.05, 0) is 17.7 Å². The number of aromatic amines is 1. The molecular formula is C10H13N5O4. The van der Waals surface area contributed by atoms with Crippen LogP contribution in [0.15, 0.2) is 30.2 Å². The summed E-state index contributed by atoms with van der Waals surface area (Å²) in [7, 11) is 0. The summed E-state index contributed by atoms with van der Waals surface area (Å²) in [5.41, 5.74) is 14.8. The maximum absolute atomic E-state index is 10.7. The van der Waals surface area contributed by atoms with Gasteiger partial charge in [-0.3, -0.25) is 19.7 Å². The van der Waals surface area contributed by atoms with Crippen LogP contribution in [0.5, 0.6) is 0 Å². The molecule has 0 aliphatic heterocycles. The number of amides is 2. The molecule has 9 nitrogen and oxygen atoms in total. The molecule has 102 valence electrons. The van der Waals surface area contributed by atoms with Gasteiger partial charge in [-0.2, -0.15) is 0 Å². The predicted molar refractivity (Wildman–Crippen MR) is 67.9 cm³/mol. The normalized spacial score (nSPS) is 10.6. The standard InChI is InChI=1S/C9H10N4O3.CH3NO/c10-4-7(13(15)16)2-1-6-3-8(9(11)14)12-5-6;2-1-3/h1-5,12H,10H2,(H2,11,14);1H,(H2,2,3)/b2-1+,7-4+;. The summed E-state index contributed by atoms with van der Waals surface area (Å²) in [6, 6.07) is 1.48. The van der Waals surface area contributed by atoms with Crippen molar-refractivity contribution in [2.75, 3.05) is 0 Å². The number of nitrogens with one attached hydrogen (secondary N) is 1. The summed E-state index contributed by atoms with van der Waals surface area (Å²) in [5.74, 6) is -0.594. The average Bonchev–Trinajstić information content (AvgIpc) is 2.79. The molecule has 1 aromatic rings. The van der Waals surface area contributed by atoms with Gasteiger partial charge < -0.3 is 22.2 Å². The van der Waals surface area contributed by atoms with E-state index < -0.39 is 10.8 Å². The highest BCUT2D eigenvalue weighted by atomic mass is 16.6. The maximum atomic E-state index is 10.7. The summed E-state index contributed by atoms with van der Waals surface area (Å²) in [6.07, 6.45) is 5.32. The molecule has 0 aliphatic rings. The van der Waals surface area contributed by atoms with Gasteiger partial charge in [-0.15, -0.1) is 0 Å². The molecule has 2 amide bonds. The lowest BCUT2D eigenvalue weighted by atomic mass is 10.2. The predicted octanol–water partition coefficient (Wildman–Crippen LogP) is -0.695. The Kier molecular flexibility index (Phi) is 6.74. The monoisotopic (exact) mass is 267 g/mol. The summed E-state index contributed by atoms with van der Waals surface area (Å²) in [4.78, 5) is 31.7. The second-order valence-electron chi connectivity index (χ2n) is 3.03. The Balaban J connectivity index is 0.000000982. The third-order valence-electron chi connectivity index (χ3n) is 1.80. The number of carbonyl (C=O) groups excluding carboxylic acids is 2. The van der Waals surface area contributed by atoms with Crippen molar-refractivity contribution in [2.24, 2.45) is 17.2 Å². The van der Waals surface area contributed by atoms with Crippen LogP contribution in [-0.2, 0) is 4.79 Å². The zero-order chi connectivity index (χ0) is 14.8. The highest BCUT2D eigenvalue weighted by Crippen LogP contribution is 2.07. The van der Waals surface area contributed by atoms with Gasteiger partial charge in [0.2, 0.25) is 6.41 Å². The smallest absolute Gasteiger partial charge is 0.284 e. The van der Waals surface area contributed by atoms with Crippen molar-refractivity contribution >= 4 is 18.4 Å². The number of hydrogen-bond donors (Lipinski definition) is 4. The molecule has 0 atom stereocenters. The third kappa shape index (κ3) is 5.68. The first-order valence-electron chi connectivity index (χ1n) is 4.84. The molecule has 1 heterocycles. The van der Waals surface area contributed by atoms with Crippen LogP contribution in [0.1, 0.15) is 16.1 Å². The van der Waals surface area contributed by atoms with E-state index in [1.807, 2.05) is 0 Å². The fourth-order valence-corrected chi connectivity index (χ4v) is 1.01. The number of H-pyrrole nitrogens is 1. The van der Waals surface area contributed by atoms with E-state index >= 15 is 0 Å². The SMILES string of the molecule is N/C=C(\C=C\c1c[nH]c(C(N)=O)c1)[N+](=O)[O-].NC=O. The maximum Gasteiger partial charge on any atom is 0.284 e. The van der Waals surface area contributed by atoms with Crippen molar-refractivity contribution in [1.82, 2.24) is 4.98 Å². The Morgan fingerprint density at radius 2 is 2.00 bits per heavy atom. The van der Waals surface area contributed by atoms with Crippen LogP contribution in [0, 0.1) is 10.1 Å². The molecular weight excluding hydrogens is 254 g/mol. The van der Waals surface area contributed by atoms with E-state index in [0.717, 1.165) is 6.20 Å². The van der Waals surface area contributed by atoms with Crippen molar-refractivity contribution in [3.8, 4) is 0 Å². The number of nitrogens with zero attached hydrogens (tertiary/aromatic N) is 1. The zero-order valence-corrected chi connectivity index (χ0v) is 9.78. The van der Waals surface area contributed by atoms with Crippen molar-refractivity contribution in [3.63, 3.8) is 0 Å². The van der Waals surface area contributed by atoms with E-state index in [4.69, 9.17) is 16.3 Å². The number of nitrogens with two attached hydrogens (primary N) is 3. The van der Waals surface area contributed by atoms with Crippen LogP contribution in [0.4, 0.5) is 0 Å². The van der Waals surface area contributed by atoms with E-state index in [1.54, 1.807) is 0 Å². The largest absolute Gasteiger partial charge is 0.399 e. The summed E-state index contributed by atoms with van der Waals surface area (Å²) < 4.78 is 0. The van der Waals surface area contributed by atoms with E-state index in [9.17, 15) is 14.9 Å². The quantitative estimate of drug-likeness (QED) is 0.244. The molecule has 0 radical (unpaired) electrons. The molecule has 0 unspecified atom stereocenters. The molecule has 19 heavy (non-hydrogen) atoms. The van der Waals surface area contributed by atoms with Crippen LogP contribution >= 0.6 is 0 Å². The van der Waals surface area contributed by atoms with Crippen LogP contribution in [-0.4, -0.2) is 22.2 Å². The summed E-state index contributed by atoms with van der Waals surface area (Å²) in [6.45, 7) is 0. The first-order valence-corrected chi connectivity index (χ1v) is 4.84. The number of hydrogen-bond acceptors (Lipinski definition) is 5. The van der Waals surface area contributed by atoms with E-state index in [-0.39, 0.29) is 17.8 Å². The topological polar surface area (TPSA) is 171 Å². The molecule has 1 rings (SSSR count). The van der Waals surface area contributed by atoms with Gasteiger partial charge in [-0.25, -0.2) is 0 Å². The van der Waals surface area contributed by atoms with Gasteiger partial charge in [0.1, 0.15) is 5.69 Å². The van der Waals surface area contributed by atoms with Crippen molar-refractivity contribution < 1.29 is 14.5 Å². The third-order valence-corrected chi connectivity index (χ3v) is 1.80. The highest BCUT2D eigenvalue weighted by molar-refractivity contribution is 5.91. The Labute approximate surface area is 107 Å². The highest BCUT2D eigenvalue weighted by Gasteiger charge is 2.05. The first kappa shape index (κ1) is 15.9. The lowest BCUT2D eigenvalue weighted by molar-refractivity contribution is -0.419. The molecule has 0 bridgehead atoms. The minimum atomic E-state index is -0.613. The number of aromatic nitrogens is 1. The van der Waals surface area contributed by atoms with Crippen LogP contribution in [0.25, 0.3) is 6.08 Å². The Morgan fingerprint density at radius 1 is 1.42 bits per heavy atom. The van der Waals surface area contributed by atoms with E-state index in [2.05, 4.69) is 10.7 Å². The number of nitro groups is 1. The Morgan fingerprint density at radius 3 is 2.37 bits per heavy atom. The van der Waals surface area contributed by atoms with Crippen LogP contribution in [0.3, 0.4) is 0 Å². The first-order chi connectivity index (χ1) is 8.96. The van der Waals surface area contributed by atoms with Gasteiger partial charge in [0, 0.05) is 12.3 Å². The zero-order valence-electron chi connectivity index (χ0n) is 9.78. The fraction of sp³-hybridized carbons (Fsp3) is 0. The van der Waals surface area contributed by atoms with Gasteiger partial charge in [0.15, 0.2) is 0 Å². The van der Waals surface area contributed by atoms with Gasteiger partial charge in [0.25, 0.3) is 11.6 Å². The van der Waals surface area contributed by atoms with Crippen molar-refractivity contribution in [3.05, 3.63) is 51.6 Å². The van der Waals surface area contributed by atoms with Crippen LogP contribution < -0.4 is 17.2 Å². The molecule has 9 heteroatoms. The molecule has 0 saturated heterocycles. The lowest BCUT2D eigenvalue weighted by Crippen LogP contribution is -2.10. The molecule has 1 aromatic heterocycles. The second kappa shape index (κ2) is 8.06. The number of rotatable bonds is 4. The van der Waals surface area contributed by atoms with Crippen molar-refractivity contribution in [2.45, 2.75) is 0 Å². The van der Waals surface area contributed by atoms with E-state index in [0.29, 0.717) is 5.56 Å². The second-order valence-corrected chi connectivity index (χ2v) is 3.03. The Hall–Kier alpha value is -3.10. The molecule has 0 spiro atoms. The number of allylic oxidation sites excluding steroid dienone is 1. The average molecular weight is 267 g/mol. The van der Waals surface area contributed by atoms with Crippen molar-refractivity contribution in [1.29, 1.82) is 0 Å². The van der Waals surface area contributed by atoms with Gasteiger partial charge in [0.05, 0.1) is 11.1 Å². The number of carbonyl (C=O) groups is 2. The van der Waals surface area contributed by atoms with Gasteiger partial charge in [-0.1, -0.05) is 0 Å². The number of primary amides is 2. The molecule has 7 N–H and O–H groups in total. The minimum Gasteiger partial charge on any atom is -0.399 e. The summed E-state index contributed by atoms with van der Waals surface area (Å²) >= 11 is 0. The molecule has 0 saturated carbocycles. The molecule has 0 aromatic carbocycles. The summed E-state index contributed by atoms with van der Waals surface area (Å²) in [5, 5.41) is 10.4. The fourth-order valence-electron chi connectivity index (χ4n) is 1.01. The lowest BCUT2D eigenvalue weighted by Gasteiger charge is -1.88.